The molecule has 0 saturated heterocycles. The Labute approximate surface area is 135 Å². The number of pyridine rings is 2. The van der Waals surface area contributed by atoms with E-state index in [1.807, 2.05) is 12.3 Å². The van der Waals surface area contributed by atoms with Crippen LogP contribution in [0.1, 0.15) is 37.2 Å². The molecule has 0 aliphatic carbocycles. The van der Waals surface area contributed by atoms with Crippen molar-refractivity contribution in [3.05, 3.63) is 51.4 Å². The summed E-state index contributed by atoms with van der Waals surface area (Å²) in [5, 5.41) is 4.33. The molecule has 0 amide bonds. The van der Waals surface area contributed by atoms with Crippen LogP contribution in [0.4, 0.5) is 5.82 Å². The van der Waals surface area contributed by atoms with E-state index in [1.54, 1.807) is 6.07 Å². The molecule has 5 heteroatoms. The van der Waals surface area contributed by atoms with Crippen molar-refractivity contribution in [2.24, 2.45) is 0 Å². The lowest BCUT2D eigenvalue weighted by Gasteiger charge is -2.10. The van der Waals surface area contributed by atoms with Gasteiger partial charge in [-0.05, 0) is 30.5 Å². The smallest absolute Gasteiger partial charge is 0.145 e. The quantitative estimate of drug-likeness (QED) is 0.832. The van der Waals surface area contributed by atoms with Crippen LogP contribution in [-0.4, -0.2) is 16.5 Å². The van der Waals surface area contributed by atoms with Gasteiger partial charge in [-0.15, -0.1) is 0 Å². The fraction of sp³-hybridized carbons (Fsp3) is 0.375. The second-order valence-corrected chi connectivity index (χ2v) is 5.68. The highest BCUT2D eigenvalue weighted by atomic mass is 35.5. The van der Waals surface area contributed by atoms with E-state index < -0.39 is 0 Å². The molecule has 21 heavy (non-hydrogen) atoms. The van der Waals surface area contributed by atoms with E-state index in [2.05, 4.69) is 35.2 Å². The maximum absolute atomic E-state index is 6.24. The number of anilines is 1. The number of nitrogens with one attached hydrogen (secondary N) is 1. The number of rotatable bonds is 6. The van der Waals surface area contributed by atoms with E-state index in [4.69, 9.17) is 23.2 Å². The summed E-state index contributed by atoms with van der Waals surface area (Å²) >= 11 is 12.4. The van der Waals surface area contributed by atoms with Crippen molar-refractivity contribution in [2.45, 2.75) is 33.1 Å². The minimum atomic E-state index is 0.548. The van der Waals surface area contributed by atoms with Crippen LogP contribution in [0.5, 0.6) is 0 Å². The number of aromatic nitrogens is 2. The standard InChI is InChI=1S/C16H19Cl2N3/c1-3-7-19-16-14(18)9-13(17)15(21-16)8-12-6-5-11(4-2)10-20-12/h5-6,9-10H,3-4,7-8H2,1-2H3,(H,19,21). The summed E-state index contributed by atoms with van der Waals surface area (Å²) in [6.07, 6.45) is 4.49. The lowest BCUT2D eigenvalue weighted by atomic mass is 10.1. The van der Waals surface area contributed by atoms with Gasteiger partial charge in [-0.2, -0.15) is 0 Å². The largest absolute Gasteiger partial charge is 0.369 e. The molecular weight excluding hydrogens is 305 g/mol. The van der Waals surface area contributed by atoms with Crippen LogP contribution in [0.2, 0.25) is 10.0 Å². The predicted molar refractivity (Wildman–Crippen MR) is 89.5 cm³/mol. The number of halogens is 2. The molecule has 0 radical (unpaired) electrons. The fourth-order valence-corrected chi connectivity index (χ4v) is 2.43. The predicted octanol–water partition coefficient (Wildman–Crippen LogP) is 4.76. The maximum Gasteiger partial charge on any atom is 0.145 e. The zero-order valence-electron chi connectivity index (χ0n) is 12.3. The summed E-state index contributed by atoms with van der Waals surface area (Å²) in [4.78, 5) is 8.98. The topological polar surface area (TPSA) is 37.8 Å². The van der Waals surface area contributed by atoms with Gasteiger partial charge >= 0.3 is 0 Å². The van der Waals surface area contributed by atoms with Crippen LogP contribution < -0.4 is 5.32 Å². The highest BCUT2D eigenvalue weighted by Gasteiger charge is 2.10. The second kappa shape index (κ2) is 7.62. The van der Waals surface area contributed by atoms with Gasteiger partial charge in [0.1, 0.15) is 5.82 Å². The van der Waals surface area contributed by atoms with E-state index in [1.165, 1.54) is 5.56 Å². The highest BCUT2D eigenvalue weighted by Crippen LogP contribution is 2.27. The Kier molecular flexibility index (Phi) is 5.83. The zero-order chi connectivity index (χ0) is 15.2. The molecule has 1 N–H and O–H groups in total. The Bertz CT molecular complexity index is 597. The zero-order valence-corrected chi connectivity index (χ0v) is 13.8. The van der Waals surface area contributed by atoms with Crippen LogP contribution in [0.15, 0.2) is 24.4 Å². The molecule has 0 aromatic carbocycles. The number of hydrogen-bond acceptors (Lipinski definition) is 3. The van der Waals surface area contributed by atoms with Crippen molar-refractivity contribution in [2.75, 3.05) is 11.9 Å². The third-order valence-electron chi connectivity index (χ3n) is 3.19. The summed E-state index contributed by atoms with van der Waals surface area (Å²) in [6.45, 7) is 5.04. The van der Waals surface area contributed by atoms with Crippen molar-refractivity contribution in [3.63, 3.8) is 0 Å². The van der Waals surface area contributed by atoms with Crippen LogP contribution in [0.3, 0.4) is 0 Å². The first-order valence-electron chi connectivity index (χ1n) is 7.16. The summed E-state index contributed by atoms with van der Waals surface area (Å²) in [7, 11) is 0. The molecule has 0 unspecified atom stereocenters. The van der Waals surface area contributed by atoms with Gasteiger partial charge in [-0.3, -0.25) is 4.98 Å². The Morgan fingerprint density at radius 1 is 1.14 bits per heavy atom. The molecule has 0 fully saturated rings. The molecule has 0 saturated carbocycles. The number of aryl methyl sites for hydroxylation is 1. The highest BCUT2D eigenvalue weighted by molar-refractivity contribution is 6.36. The molecule has 0 atom stereocenters. The van der Waals surface area contributed by atoms with E-state index in [-0.39, 0.29) is 0 Å². The van der Waals surface area contributed by atoms with Crippen molar-refractivity contribution in [1.82, 2.24) is 9.97 Å². The number of nitrogens with zero attached hydrogens (tertiary/aromatic N) is 2. The summed E-state index contributed by atoms with van der Waals surface area (Å²) in [6, 6.07) is 5.84. The molecule has 0 aliphatic heterocycles. The van der Waals surface area contributed by atoms with Gasteiger partial charge in [0.2, 0.25) is 0 Å². The first kappa shape index (κ1) is 16.1. The van der Waals surface area contributed by atoms with Crippen molar-refractivity contribution < 1.29 is 0 Å². The maximum atomic E-state index is 6.24. The molecule has 0 bridgehead atoms. The fourth-order valence-electron chi connectivity index (χ4n) is 1.94. The van der Waals surface area contributed by atoms with Gasteiger partial charge < -0.3 is 5.32 Å². The minimum absolute atomic E-state index is 0.548. The Balaban J connectivity index is 2.21. The molecule has 2 rings (SSSR count). The molecular formula is C16H19Cl2N3. The third-order valence-corrected chi connectivity index (χ3v) is 3.80. The number of hydrogen-bond donors (Lipinski definition) is 1. The first-order valence-corrected chi connectivity index (χ1v) is 7.92. The molecule has 112 valence electrons. The van der Waals surface area contributed by atoms with Crippen molar-refractivity contribution in [3.8, 4) is 0 Å². The van der Waals surface area contributed by atoms with Gasteiger partial charge in [0.25, 0.3) is 0 Å². The van der Waals surface area contributed by atoms with Crippen LogP contribution in [0.25, 0.3) is 0 Å². The SMILES string of the molecule is CCCNc1nc(Cc2ccc(CC)cn2)c(Cl)cc1Cl. The average molecular weight is 324 g/mol. The van der Waals surface area contributed by atoms with Crippen molar-refractivity contribution >= 4 is 29.0 Å². The minimum Gasteiger partial charge on any atom is -0.369 e. The third kappa shape index (κ3) is 4.32. The van der Waals surface area contributed by atoms with E-state index in [0.717, 1.165) is 30.8 Å². The lowest BCUT2D eigenvalue weighted by Crippen LogP contribution is -2.05. The Morgan fingerprint density at radius 3 is 2.57 bits per heavy atom. The monoisotopic (exact) mass is 323 g/mol. The lowest BCUT2D eigenvalue weighted by molar-refractivity contribution is 0.952. The van der Waals surface area contributed by atoms with Gasteiger partial charge in [-0.25, -0.2) is 4.98 Å². The van der Waals surface area contributed by atoms with Gasteiger partial charge in [0.15, 0.2) is 0 Å². The van der Waals surface area contributed by atoms with Gasteiger partial charge in [-0.1, -0.05) is 43.1 Å². The molecule has 2 aromatic heterocycles. The van der Waals surface area contributed by atoms with E-state index in [9.17, 15) is 0 Å². The van der Waals surface area contributed by atoms with Gasteiger partial charge in [0.05, 0.1) is 15.7 Å². The Morgan fingerprint density at radius 2 is 1.95 bits per heavy atom. The molecule has 2 heterocycles. The first-order chi connectivity index (χ1) is 10.1. The van der Waals surface area contributed by atoms with Crippen LogP contribution in [0, 0.1) is 0 Å². The average Bonchev–Trinajstić information content (AvgIpc) is 2.49. The van der Waals surface area contributed by atoms with E-state index >= 15 is 0 Å². The summed E-state index contributed by atoms with van der Waals surface area (Å²) < 4.78 is 0. The molecule has 3 nitrogen and oxygen atoms in total. The van der Waals surface area contributed by atoms with Crippen LogP contribution >= 0.6 is 23.2 Å². The van der Waals surface area contributed by atoms with Crippen molar-refractivity contribution in [1.29, 1.82) is 0 Å². The van der Waals surface area contributed by atoms with Gasteiger partial charge in [0, 0.05) is 24.9 Å². The normalized spacial score (nSPS) is 10.7. The molecule has 2 aromatic rings. The van der Waals surface area contributed by atoms with Crippen LogP contribution in [-0.2, 0) is 12.8 Å². The second-order valence-electron chi connectivity index (χ2n) is 4.86. The summed E-state index contributed by atoms with van der Waals surface area (Å²) in [5.74, 6) is 0.683. The summed E-state index contributed by atoms with van der Waals surface area (Å²) in [5.41, 5.74) is 2.96. The molecule has 0 spiro atoms. The van der Waals surface area contributed by atoms with E-state index in [0.29, 0.717) is 22.3 Å². The molecule has 0 aliphatic rings. The Hall–Kier alpha value is -1.32.